The second kappa shape index (κ2) is 6.97. The molecule has 2 fully saturated rings. The van der Waals surface area contributed by atoms with E-state index in [0.29, 0.717) is 6.04 Å². The number of nitrogens with zero attached hydrogens (tertiary/aromatic N) is 1. The molecular weight excluding hydrogens is 260 g/mol. The fourth-order valence-electron chi connectivity index (χ4n) is 4.41. The molecule has 2 aliphatic rings. The number of hydrogen-bond donors (Lipinski definition) is 1. The first-order valence-electron chi connectivity index (χ1n) is 8.89. The van der Waals surface area contributed by atoms with E-state index in [1.165, 1.54) is 64.5 Å². The van der Waals surface area contributed by atoms with Gasteiger partial charge >= 0.3 is 0 Å². The Kier molecular flexibility index (Phi) is 5.02. The molecule has 1 aliphatic heterocycles. The summed E-state index contributed by atoms with van der Waals surface area (Å²) in [7, 11) is 0. The van der Waals surface area contributed by atoms with Crippen molar-refractivity contribution in [2.75, 3.05) is 19.6 Å². The minimum atomic E-state index is 0.285. The smallest absolute Gasteiger partial charge is 0.122 e. The van der Waals surface area contributed by atoms with Crippen LogP contribution in [0.25, 0.3) is 0 Å². The number of likely N-dealkylation sites (tertiary alicyclic amines) is 1. The van der Waals surface area contributed by atoms with E-state index in [1.54, 1.807) is 0 Å². The first kappa shape index (κ1) is 15.1. The third-order valence-corrected chi connectivity index (χ3v) is 5.42. The van der Waals surface area contributed by atoms with Crippen molar-refractivity contribution in [3.8, 4) is 0 Å². The summed E-state index contributed by atoms with van der Waals surface area (Å²) < 4.78 is 5.83. The van der Waals surface area contributed by atoms with Gasteiger partial charge in [0.1, 0.15) is 5.76 Å². The summed E-state index contributed by atoms with van der Waals surface area (Å²) in [5.74, 6) is 1.14. The molecule has 1 saturated heterocycles. The Labute approximate surface area is 129 Å². The largest absolute Gasteiger partial charge is 0.468 e. The Hall–Kier alpha value is -0.800. The Balaban J connectivity index is 1.87. The van der Waals surface area contributed by atoms with Crippen molar-refractivity contribution in [2.45, 2.75) is 69.9 Å². The molecule has 118 valence electrons. The first-order chi connectivity index (χ1) is 10.4. The monoisotopic (exact) mass is 290 g/mol. The molecule has 0 aromatic carbocycles. The summed E-state index contributed by atoms with van der Waals surface area (Å²) >= 11 is 0. The van der Waals surface area contributed by atoms with Crippen molar-refractivity contribution in [1.82, 2.24) is 10.2 Å². The van der Waals surface area contributed by atoms with E-state index in [2.05, 4.69) is 23.2 Å². The third kappa shape index (κ3) is 3.04. The quantitative estimate of drug-likeness (QED) is 0.854. The lowest BCUT2D eigenvalue weighted by Gasteiger charge is -2.48. The fraction of sp³-hybridized carbons (Fsp3) is 0.778. The number of rotatable bonds is 6. The van der Waals surface area contributed by atoms with E-state index >= 15 is 0 Å². The zero-order valence-electron chi connectivity index (χ0n) is 13.4. The highest BCUT2D eigenvalue weighted by atomic mass is 16.3. The molecule has 1 atom stereocenters. The second-order valence-corrected chi connectivity index (χ2v) is 6.76. The summed E-state index contributed by atoms with van der Waals surface area (Å²) in [4.78, 5) is 2.79. The van der Waals surface area contributed by atoms with E-state index in [0.717, 1.165) is 12.3 Å². The van der Waals surface area contributed by atoms with Crippen LogP contribution in [0.5, 0.6) is 0 Å². The molecule has 2 heterocycles. The zero-order chi connectivity index (χ0) is 14.5. The van der Waals surface area contributed by atoms with Crippen LogP contribution < -0.4 is 5.32 Å². The van der Waals surface area contributed by atoms with Gasteiger partial charge in [-0.1, -0.05) is 26.2 Å². The van der Waals surface area contributed by atoms with Crippen LogP contribution >= 0.6 is 0 Å². The molecule has 1 aromatic heterocycles. The molecule has 3 rings (SSSR count). The average Bonchev–Trinajstić information content (AvgIpc) is 3.21. The van der Waals surface area contributed by atoms with Crippen LogP contribution in [-0.2, 0) is 0 Å². The molecular formula is C18H30N2O. The summed E-state index contributed by atoms with van der Waals surface area (Å²) in [6.45, 7) is 5.85. The van der Waals surface area contributed by atoms with E-state index in [-0.39, 0.29) is 5.54 Å². The molecule has 0 radical (unpaired) electrons. The Morgan fingerprint density at radius 2 is 1.95 bits per heavy atom. The van der Waals surface area contributed by atoms with Gasteiger partial charge < -0.3 is 9.73 Å². The number of piperidine rings is 1. The van der Waals surface area contributed by atoms with E-state index in [1.807, 2.05) is 12.3 Å². The predicted octanol–water partition coefficient (Wildman–Crippen LogP) is 4.12. The lowest BCUT2D eigenvalue weighted by molar-refractivity contribution is 0.0294. The second-order valence-electron chi connectivity index (χ2n) is 6.76. The topological polar surface area (TPSA) is 28.4 Å². The molecule has 3 heteroatoms. The van der Waals surface area contributed by atoms with Gasteiger partial charge in [-0.15, -0.1) is 0 Å². The molecule has 1 unspecified atom stereocenters. The first-order valence-corrected chi connectivity index (χ1v) is 8.89. The highest BCUT2D eigenvalue weighted by molar-refractivity contribution is 5.15. The van der Waals surface area contributed by atoms with Crippen LogP contribution in [0.2, 0.25) is 0 Å². The predicted molar refractivity (Wildman–Crippen MR) is 86.4 cm³/mol. The molecule has 21 heavy (non-hydrogen) atoms. The average molecular weight is 290 g/mol. The van der Waals surface area contributed by atoms with Crippen molar-refractivity contribution >= 4 is 0 Å². The molecule has 1 aliphatic carbocycles. The van der Waals surface area contributed by atoms with Crippen molar-refractivity contribution < 1.29 is 4.42 Å². The molecule has 0 spiro atoms. The standard InChI is InChI=1S/C18H30N2O/c1-2-12-19-17(16-9-8-15-21-16)18(10-4-5-11-18)20-13-6-3-7-14-20/h8-9,15,17,19H,2-7,10-14H2,1H3. The molecule has 0 bridgehead atoms. The van der Waals surface area contributed by atoms with Crippen LogP contribution in [0.4, 0.5) is 0 Å². The van der Waals surface area contributed by atoms with Crippen molar-refractivity contribution in [3.05, 3.63) is 24.2 Å². The van der Waals surface area contributed by atoms with Gasteiger partial charge in [-0.3, -0.25) is 4.90 Å². The van der Waals surface area contributed by atoms with Gasteiger partial charge in [0.25, 0.3) is 0 Å². The van der Waals surface area contributed by atoms with Crippen LogP contribution in [0, 0.1) is 0 Å². The molecule has 1 aromatic rings. The van der Waals surface area contributed by atoms with Gasteiger partial charge in [0.2, 0.25) is 0 Å². The number of nitrogens with one attached hydrogen (secondary N) is 1. The van der Waals surface area contributed by atoms with Gasteiger partial charge in [-0.25, -0.2) is 0 Å². The molecule has 0 amide bonds. The van der Waals surface area contributed by atoms with Crippen molar-refractivity contribution in [1.29, 1.82) is 0 Å². The minimum Gasteiger partial charge on any atom is -0.468 e. The lowest BCUT2D eigenvalue weighted by atomic mass is 9.83. The Morgan fingerprint density at radius 1 is 1.19 bits per heavy atom. The van der Waals surface area contributed by atoms with Crippen LogP contribution in [0.1, 0.15) is 70.1 Å². The van der Waals surface area contributed by atoms with Gasteiger partial charge in [-0.2, -0.15) is 0 Å². The maximum Gasteiger partial charge on any atom is 0.122 e. The van der Waals surface area contributed by atoms with Crippen molar-refractivity contribution in [2.24, 2.45) is 0 Å². The maximum atomic E-state index is 5.83. The number of furan rings is 1. The summed E-state index contributed by atoms with van der Waals surface area (Å²) in [5, 5.41) is 3.82. The Morgan fingerprint density at radius 3 is 2.57 bits per heavy atom. The van der Waals surface area contributed by atoms with E-state index in [9.17, 15) is 0 Å². The minimum absolute atomic E-state index is 0.285. The number of hydrogen-bond acceptors (Lipinski definition) is 3. The van der Waals surface area contributed by atoms with Crippen LogP contribution in [-0.4, -0.2) is 30.1 Å². The summed E-state index contributed by atoms with van der Waals surface area (Å²) in [6, 6.07) is 4.56. The highest BCUT2D eigenvalue weighted by Gasteiger charge is 2.47. The van der Waals surface area contributed by atoms with Gasteiger partial charge in [0, 0.05) is 5.54 Å². The Bertz CT molecular complexity index is 403. The van der Waals surface area contributed by atoms with Crippen molar-refractivity contribution in [3.63, 3.8) is 0 Å². The van der Waals surface area contributed by atoms with Gasteiger partial charge in [0.15, 0.2) is 0 Å². The van der Waals surface area contributed by atoms with E-state index in [4.69, 9.17) is 4.42 Å². The molecule has 1 saturated carbocycles. The van der Waals surface area contributed by atoms with Gasteiger partial charge in [-0.05, 0) is 63.9 Å². The molecule has 1 N–H and O–H groups in total. The zero-order valence-corrected chi connectivity index (χ0v) is 13.4. The third-order valence-electron chi connectivity index (χ3n) is 5.42. The summed E-state index contributed by atoms with van der Waals surface area (Å²) in [6.07, 6.45) is 12.5. The fourth-order valence-corrected chi connectivity index (χ4v) is 4.41. The van der Waals surface area contributed by atoms with Crippen LogP contribution in [0.15, 0.2) is 22.8 Å². The van der Waals surface area contributed by atoms with Gasteiger partial charge in [0.05, 0.1) is 12.3 Å². The lowest BCUT2D eigenvalue weighted by Crippen LogP contribution is -2.56. The maximum absolute atomic E-state index is 5.83. The van der Waals surface area contributed by atoms with E-state index < -0.39 is 0 Å². The normalized spacial score (nSPS) is 24.2. The molecule has 3 nitrogen and oxygen atoms in total. The van der Waals surface area contributed by atoms with Crippen LogP contribution in [0.3, 0.4) is 0 Å². The summed E-state index contributed by atoms with van der Waals surface area (Å²) in [5.41, 5.74) is 0.285. The highest BCUT2D eigenvalue weighted by Crippen LogP contribution is 2.45. The SMILES string of the molecule is CCCNC(c1ccco1)C1(N2CCCCC2)CCCC1.